The molecule has 6 nitrogen and oxygen atoms in total. The second-order valence-electron chi connectivity index (χ2n) is 3.34. The molecule has 0 aliphatic rings. The Labute approximate surface area is 108 Å². The first-order valence-electron chi connectivity index (χ1n) is 5.44. The summed E-state index contributed by atoms with van der Waals surface area (Å²) in [5, 5.41) is 10.4. The molecular formula is C12H12FNO5. The number of hydrogen-bond acceptors (Lipinski definition) is 5. The highest BCUT2D eigenvalue weighted by molar-refractivity contribution is 5.81. The maximum absolute atomic E-state index is 13.4. The summed E-state index contributed by atoms with van der Waals surface area (Å²) in [6.07, 6.45) is 2.52. The molecule has 0 heterocycles. The maximum atomic E-state index is 13.4. The molecule has 0 N–H and O–H groups in total. The molecule has 0 saturated carbocycles. The van der Waals surface area contributed by atoms with Gasteiger partial charge in [0.2, 0.25) is 0 Å². The molecule has 1 aromatic carbocycles. The lowest BCUT2D eigenvalue weighted by molar-refractivity contribution is -0.385. The fourth-order valence-corrected chi connectivity index (χ4v) is 1.19. The van der Waals surface area contributed by atoms with Gasteiger partial charge in [0.25, 0.3) is 5.69 Å². The van der Waals surface area contributed by atoms with Crippen molar-refractivity contribution < 1.29 is 23.6 Å². The summed E-state index contributed by atoms with van der Waals surface area (Å²) in [4.78, 5) is 20.6. The number of benzene rings is 1. The lowest BCUT2D eigenvalue weighted by atomic mass is 10.3. The third kappa shape index (κ3) is 4.74. The van der Waals surface area contributed by atoms with Crippen molar-refractivity contribution >= 4 is 11.7 Å². The Hall–Kier alpha value is -2.44. The number of nitro benzene ring substituents is 1. The monoisotopic (exact) mass is 269 g/mol. The molecule has 0 radical (unpaired) electrons. The second kappa shape index (κ2) is 7.10. The molecule has 0 fully saturated rings. The Bertz CT molecular complexity index is 501. The standard InChI is InChI=1S/C12H12FNO5/c1-2-18-12(15)4-3-7-19-11-6-5-9(14(16)17)8-10(11)13/h3-6,8H,2,7H2,1H3/b4-3+. The highest BCUT2D eigenvalue weighted by Gasteiger charge is 2.10. The Morgan fingerprint density at radius 2 is 2.26 bits per heavy atom. The van der Waals surface area contributed by atoms with Crippen LogP contribution < -0.4 is 4.74 Å². The molecule has 102 valence electrons. The number of carbonyl (C=O) groups is 1. The van der Waals surface area contributed by atoms with Crippen LogP contribution in [0.2, 0.25) is 0 Å². The molecule has 0 aliphatic heterocycles. The van der Waals surface area contributed by atoms with Gasteiger partial charge in [0.05, 0.1) is 17.6 Å². The number of esters is 1. The molecule has 7 heteroatoms. The smallest absolute Gasteiger partial charge is 0.330 e. The third-order valence-corrected chi connectivity index (χ3v) is 2.00. The van der Waals surface area contributed by atoms with Crippen LogP contribution in [0.4, 0.5) is 10.1 Å². The lowest BCUT2D eigenvalue weighted by Crippen LogP contribution is -2.01. The molecule has 0 amide bonds. The van der Waals surface area contributed by atoms with Gasteiger partial charge in [0.15, 0.2) is 11.6 Å². The summed E-state index contributed by atoms with van der Waals surface area (Å²) in [6, 6.07) is 3.06. The van der Waals surface area contributed by atoms with Crippen LogP contribution in [0.3, 0.4) is 0 Å². The number of ether oxygens (including phenoxy) is 2. The first kappa shape index (κ1) is 14.6. The first-order valence-corrected chi connectivity index (χ1v) is 5.44. The molecule has 0 bridgehead atoms. The first-order chi connectivity index (χ1) is 9.04. The van der Waals surface area contributed by atoms with Crippen LogP contribution in [-0.4, -0.2) is 24.1 Å². The van der Waals surface area contributed by atoms with Crippen molar-refractivity contribution in [1.82, 2.24) is 0 Å². The Morgan fingerprint density at radius 3 is 2.84 bits per heavy atom. The summed E-state index contributed by atoms with van der Waals surface area (Å²) in [7, 11) is 0. The minimum Gasteiger partial charge on any atom is -0.486 e. The quantitative estimate of drug-likeness (QED) is 0.342. The number of hydrogen-bond donors (Lipinski definition) is 0. The average molecular weight is 269 g/mol. The average Bonchev–Trinajstić information content (AvgIpc) is 2.36. The van der Waals surface area contributed by atoms with E-state index in [1.165, 1.54) is 6.08 Å². The number of halogens is 1. The van der Waals surface area contributed by atoms with Gasteiger partial charge in [-0.25, -0.2) is 9.18 Å². The topological polar surface area (TPSA) is 78.7 Å². The van der Waals surface area contributed by atoms with Crippen LogP contribution in [0.25, 0.3) is 0 Å². The Balaban J connectivity index is 2.54. The van der Waals surface area contributed by atoms with Crippen LogP contribution in [-0.2, 0) is 9.53 Å². The van der Waals surface area contributed by atoms with E-state index >= 15 is 0 Å². The van der Waals surface area contributed by atoms with E-state index in [-0.39, 0.29) is 24.7 Å². The van der Waals surface area contributed by atoms with Crippen molar-refractivity contribution in [2.75, 3.05) is 13.2 Å². The predicted molar refractivity (Wildman–Crippen MR) is 64.3 cm³/mol. The van der Waals surface area contributed by atoms with E-state index in [0.29, 0.717) is 0 Å². The van der Waals surface area contributed by atoms with Crippen molar-refractivity contribution in [3.8, 4) is 5.75 Å². The Morgan fingerprint density at radius 1 is 1.53 bits per heavy atom. The molecule has 0 saturated heterocycles. The van der Waals surface area contributed by atoms with E-state index in [2.05, 4.69) is 4.74 Å². The molecule has 19 heavy (non-hydrogen) atoms. The van der Waals surface area contributed by atoms with Gasteiger partial charge in [0.1, 0.15) is 6.61 Å². The third-order valence-electron chi connectivity index (χ3n) is 2.00. The van der Waals surface area contributed by atoms with Gasteiger partial charge in [-0.3, -0.25) is 10.1 Å². The fraction of sp³-hybridized carbons (Fsp3) is 0.250. The van der Waals surface area contributed by atoms with Gasteiger partial charge in [0, 0.05) is 12.1 Å². The number of rotatable bonds is 6. The van der Waals surface area contributed by atoms with Crippen LogP contribution in [0.5, 0.6) is 5.75 Å². The van der Waals surface area contributed by atoms with E-state index in [1.54, 1.807) is 6.92 Å². The summed E-state index contributed by atoms with van der Waals surface area (Å²) in [5.74, 6) is -1.48. The molecule has 1 aromatic rings. The predicted octanol–water partition coefficient (Wildman–Crippen LogP) is 2.23. The zero-order valence-corrected chi connectivity index (χ0v) is 10.2. The number of non-ortho nitro benzene ring substituents is 1. The summed E-state index contributed by atoms with van der Waals surface area (Å²) in [5.41, 5.74) is -0.355. The molecule has 0 spiro atoms. The van der Waals surface area contributed by atoms with Gasteiger partial charge >= 0.3 is 5.97 Å². The summed E-state index contributed by atoms with van der Waals surface area (Å²) >= 11 is 0. The highest BCUT2D eigenvalue weighted by atomic mass is 19.1. The van der Waals surface area contributed by atoms with E-state index in [1.807, 2.05) is 0 Å². The van der Waals surface area contributed by atoms with E-state index in [4.69, 9.17) is 4.74 Å². The summed E-state index contributed by atoms with van der Waals surface area (Å²) < 4.78 is 23.0. The van der Waals surface area contributed by atoms with Crippen molar-refractivity contribution in [2.45, 2.75) is 6.92 Å². The molecule has 0 atom stereocenters. The number of nitro groups is 1. The zero-order chi connectivity index (χ0) is 14.3. The van der Waals surface area contributed by atoms with Crippen molar-refractivity contribution in [3.63, 3.8) is 0 Å². The van der Waals surface area contributed by atoms with Gasteiger partial charge in [-0.05, 0) is 19.1 Å². The van der Waals surface area contributed by atoms with Crippen LogP contribution in [0, 0.1) is 15.9 Å². The molecule has 0 unspecified atom stereocenters. The molecule has 0 aliphatic carbocycles. The SMILES string of the molecule is CCOC(=O)/C=C/COc1ccc([N+](=O)[O-])cc1F. The fourth-order valence-electron chi connectivity index (χ4n) is 1.19. The number of nitrogens with zero attached hydrogens (tertiary/aromatic N) is 1. The lowest BCUT2D eigenvalue weighted by Gasteiger charge is -2.03. The highest BCUT2D eigenvalue weighted by Crippen LogP contribution is 2.22. The maximum Gasteiger partial charge on any atom is 0.330 e. The molecular weight excluding hydrogens is 257 g/mol. The van der Waals surface area contributed by atoms with Crippen molar-refractivity contribution in [1.29, 1.82) is 0 Å². The number of carbonyl (C=O) groups excluding carboxylic acids is 1. The van der Waals surface area contributed by atoms with Crippen LogP contribution in [0.15, 0.2) is 30.4 Å². The van der Waals surface area contributed by atoms with Gasteiger partial charge in [-0.2, -0.15) is 0 Å². The minimum absolute atomic E-state index is 0.0481. The van der Waals surface area contributed by atoms with Crippen LogP contribution >= 0.6 is 0 Å². The van der Waals surface area contributed by atoms with Crippen LogP contribution in [0.1, 0.15) is 6.92 Å². The van der Waals surface area contributed by atoms with E-state index < -0.39 is 16.7 Å². The minimum atomic E-state index is -0.835. The van der Waals surface area contributed by atoms with Gasteiger partial charge in [-0.15, -0.1) is 0 Å². The Kier molecular flexibility index (Phi) is 5.46. The zero-order valence-electron chi connectivity index (χ0n) is 10.2. The largest absolute Gasteiger partial charge is 0.486 e. The van der Waals surface area contributed by atoms with E-state index in [0.717, 1.165) is 24.3 Å². The van der Waals surface area contributed by atoms with E-state index in [9.17, 15) is 19.3 Å². The molecule has 1 rings (SSSR count). The summed E-state index contributed by atoms with van der Waals surface area (Å²) in [6.45, 7) is 1.89. The molecule has 0 aromatic heterocycles. The van der Waals surface area contributed by atoms with Gasteiger partial charge in [-0.1, -0.05) is 0 Å². The van der Waals surface area contributed by atoms with Crippen molar-refractivity contribution in [2.24, 2.45) is 0 Å². The normalized spacial score (nSPS) is 10.4. The van der Waals surface area contributed by atoms with Crippen molar-refractivity contribution in [3.05, 3.63) is 46.3 Å². The van der Waals surface area contributed by atoms with Gasteiger partial charge < -0.3 is 9.47 Å². The second-order valence-corrected chi connectivity index (χ2v) is 3.34.